The van der Waals surface area contributed by atoms with Crippen molar-refractivity contribution >= 4 is 46.6 Å². The number of benzene rings is 2. The number of carbonyl (C=O) groups is 2. The van der Waals surface area contributed by atoms with E-state index in [9.17, 15) is 9.59 Å². The Labute approximate surface area is 153 Å². The molecule has 0 fully saturated rings. The van der Waals surface area contributed by atoms with E-state index in [1.54, 1.807) is 42.5 Å². The van der Waals surface area contributed by atoms with Crippen LogP contribution in [0.4, 0.5) is 0 Å². The molecule has 2 aromatic rings. The molecule has 24 heavy (non-hydrogen) atoms. The first-order valence-electron chi connectivity index (χ1n) is 6.85. The molecule has 0 saturated heterocycles. The van der Waals surface area contributed by atoms with Crippen molar-refractivity contribution in [3.05, 3.63) is 63.1 Å². The summed E-state index contributed by atoms with van der Waals surface area (Å²) in [5.41, 5.74) is 4.99. The monoisotopic (exact) mass is 386 g/mol. The van der Waals surface area contributed by atoms with E-state index >= 15 is 0 Å². The summed E-state index contributed by atoms with van der Waals surface area (Å²) < 4.78 is 5.25. The summed E-state index contributed by atoms with van der Waals surface area (Å²) in [6.07, 6.45) is -0.0653. The fraction of sp³-hybridized carbons (Fsp3) is 0.125. The minimum absolute atomic E-state index is 0.0653. The molecule has 5 nitrogen and oxygen atoms in total. The van der Waals surface area contributed by atoms with Crippen LogP contribution in [0.15, 0.2) is 42.5 Å². The zero-order chi connectivity index (χ0) is 17.5. The van der Waals surface area contributed by atoms with Crippen molar-refractivity contribution in [3.8, 4) is 5.75 Å². The van der Waals surface area contributed by atoms with Crippen molar-refractivity contribution in [3.63, 3.8) is 0 Å². The van der Waals surface area contributed by atoms with Gasteiger partial charge in [0.05, 0.1) is 11.4 Å². The van der Waals surface area contributed by atoms with Crippen LogP contribution in [0.2, 0.25) is 15.1 Å². The Kier molecular flexibility index (Phi) is 6.73. The van der Waals surface area contributed by atoms with Gasteiger partial charge in [-0.05, 0) is 29.8 Å². The molecule has 0 aliphatic rings. The van der Waals surface area contributed by atoms with Crippen LogP contribution in [0.3, 0.4) is 0 Å². The highest BCUT2D eigenvalue weighted by Crippen LogP contribution is 2.24. The van der Waals surface area contributed by atoms with Gasteiger partial charge in [-0.15, -0.1) is 0 Å². The third kappa shape index (κ3) is 5.30. The number of para-hydroxylation sites is 1. The maximum absolute atomic E-state index is 11.8. The van der Waals surface area contributed by atoms with Gasteiger partial charge >= 0.3 is 0 Å². The molecule has 0 heterocycles. The lowest BCUT2D eigenvalue weighted by Gasteiger charge is -2.10. The molecule has 0 bridgehead atoms. The van der Waals surface area contributed by atoms with Gasteiger partial charge in [-0.25, -0.2) is 0 Å². The Morgan fingerprint density at radius 1 is 0.833 bits per heavy atom. The Morgan fingerprint density at radius 3 is 2.08 bits per heavy atom. The van der Waals surface area contributed by atoms with E-state index in [-0.39, 0.29) is 13.0 Å². The highest BCUT2D eigenvalue weighted by Gasteiger charge is 2.12. The second kappa shape index (κ2) is 8.78. The van der Waals surface area contributed by atoms with E-state index < -0.39 is 11.8 Å². The summed E-state index contributed by atoms with van der Waals surface area (Å²) in [5.74, 6) is -0.617. The molecule has 0 saturated carbocycles. The summed E-state index contributed by atoms with van der Waals surface area (Å²) in [4.78, 5) is 23.5. The second-order valence-corrected chi connectivity index (χ2v) is 5.91. The van der Waals surface area contributed by atoms with Crippen LogP contribution in [-0.4, -0.2) is 18.4 Å². The largest absolute Gasteiger partial charge is 0.482 e. The van der Waals surface area contributed by atoms with Gasteiger partial charge in [0.15, 0.2) is 6.61 Å². The van der Waals surface area contributed by atoms with E-state index in [2.05, 4.69) is 10.9 Å². The average molecular weight is 388 g/mol. The van der Waals surface area contributed by atoms with Gasteiger partial charge in [0.25, 0.3) is 5.91 Å². The molecular formula is C16H13Cl3N2O3. The van der Waals surface area contributed by atoms with E-state index in [0.717, 1.165) is 0 Å². The summed E-state index contributed by atoms with van der Waals surface area (Å²) in [6.45, 7) is -0.295. The lowest BCUT2D eigenvalue weighted by Crippen LogP contribution is -2.44. The molecule has 0 spiro atoms. The molecule has 126 valence electrons. The van der Waals surface area contributed by atoms with E-state index in [1.807, 2.05) is 0 Å². The summed E-state index contributed by atoms with van der Waals surface area (Å²) >= 11 is 17.9. The van der Waals surface area contributed by atoms with Crippen LogP contribution >= 0.6 is 34.8 Å². The Bertz CT molecular complexity index is 733. The average Bonchev–Trinajstić information content (AvgIpc) is 2.56. The third-order valence-electron chi connectivity index (χ3n) is 2.94. The smallest absolute Gasteiger partial charge is 0.276 e. The third-order valence-corrected chi connectivity index (χ3v) is 3.96. The second-order valence-electron chi connectivity index (χ2n) is 4.69. The molecular weight excluding hydrogens is 375 g/mol. The molecule has 0 aliphatic heterocycles. The lowest BCUT2D eigenvalue weighted by molar-refractivity contribution is -0.129. The molecule has 0 atom stereocenters. The van der Waals surface area contributed by atoms with Crippen molar-refractivity contribution < 1.29 is 14.3 Å². The number of carbonyl (C=O) groups excluding carboxylic acids is 2. The zero-order valence-corrected chi connectivity index (χ0v) is 14.6. The van der Waals surface area contributed by atoms with E-state index in [0.29, 0.717) is 26.4 Å². The first-order valence-corrected chi connectivity index (χ1v) is 7.98. The molecule has 2 amide bonds. The highest BCUT2D eigenvalue weighted by molar-refractivity contribution is 6.36. The van der Waals surface area contributed by atoms with Gasteiger partial charge in [0.2, 0.25) is 5.91 Å². The number of amides is 2. The quantitative estimate of drug-likeness (QED) is 0.773. The van der Waals surface area contributed by atoms with Crippen LogP contribution in [-0.2, 0) is 16.0 Å². The predicted octanol–water partition coefficient (Wildman–Crippen LogP) is 3.42. The number of halogens is 3. The number of hydrogen-bond acceptors (Lipinski definition) is 3. The summed E-state index contributed by atoms with van der Waals surface area (Å²) in [7, 11) is 0. The van der Waals surface area contributed by atoms with Crippen molar-refractivity contribution in [2.75, 3.05) is 6.61 Å². The number of rotatable bonds is 5. The van der Waals surface area contributed by atoms with Gasteiger partial charge in [0.1, 0.15) is 5.75 Å². The molecule has 8 heteroatoms. The van der Waals surface area contributed by atoms with Gasteiger partial charge in [0, 0.05) is 10.0 Å². The number of hydrogen-bond donors (Lipinski definition) is 2. The van der Waals surface area contributed by atoms with Gasteiger partial charge < -0.3 is 4.74 Å². The predicted molar refractivity (Wildman–Crippen MR) is 93.4 cm³/mol. The summed E-state index contributed by atoms with van der Waals surface area (Å²) in [5, 5.41) is 1.15. The zero-order valence-electron chi connectivity index (χ0n) is 12.3. The molecule has 0 radical (unpaired) electrons. The maximum atomic E-state index is 11.8. The van der Waals surface area contributed by atoms with Crippen LogP contribution in [0.1, 0.15) is 5.56 Å². The van der Waals surface area contributed by atoms with Gasteiger partial charge in [-0.3, -0.25) is 20.4 Å². The van der Waals surface area contributed by atoms with E-state index in [4.69, 9.17) is 39.5 Å². The van der Waals surface area contributed by atoms with Crippen LogP contribution in [0, 0.1) is 0 Å². The van der Waals surface area contributed by atoms with Gasteiger partial charge in [-0.2, -0.15) is 0 Å². The van der Waals surface area contributed by atoms with Gasteiger partial charge in [-0.1, -0.05) is 53.0 Å². The first kappa shape index (κ1) is 18.4. The SMILES string of the molecule is O=C(COc1ccccc1Cl)NNC(=O)Cc1c(Cl)cccc1Cl. The minimum Gasteiger partial charge on any atom is -0.482 e. The summed E-state index contributed by atoms with van der Waals surface area (Å²) in [6, 6.07) is 11.7. The molecule has 2 N–H and O–H groups in total. The van der Waals surface area contributed by atoms with Crippen LogP contribution in [0.5, 0.6) is 5.75 Å². The van der Waals surface area contributed by atoms with Crippen LogP contribution < -0.4 is 15.6 Å². The molecule has 0 unspecified atom stereocenters. The van der Waals surface area contributed by atoms with Crippen molar-refractivity contribution in [1.29, 1.82) is 0 Å². The Morgan fingerprint density at radius 2 is 1.42 bits per heavy atom. The minimum atomic E-state index is -0.534. The van der Waals surface area contributed by atoms with Crippen molar-refractivity contribution in [2.24, 2.45) is 0 Å². The Hall–Kier alpha value is -1.95. The topological polar surface area (TPSA) is 67.4 Å². The molecule has 0 aromatic heterocycles. The lowest BCUT2D eigenvalue weighted by atomic mass is 10.1. The molecule has 2 rings (SSSR count). The van der Waals surface area contributed by atoms with Crippen LogP contribution in [0.25, 0.3) is 0 Å². The standard InChI is InChI=1S/C16H13Cl3N2O3/c17-11-5-3-6-12(18)10(11)8-15(22)20-21-16(23)9-24-14-7-2-1-4-13(14)19/h1-7H,8-9H2,(H,20,22)(H,21,23). The first-order chi connectivity index (χ1) is 11.5. The van der Waals surface area contributed by atoms with E-state index in [1.165, 1.54) is 0 Å². The fourth-order valence-corrected chi connectivity index (χ4v) is 2.51. The molecule has 2 aromatic carbocycles. The van der Waals surface area contributed by atoms with Crippen molar-refractivity contribution in [2.45, 2.75) is 6.42 Å². The highest BCUT2D eigenvalue weighted by atomic mass is 35.5. The number of nitrogens with one attached hydrogen (secondary N) is 2. The number of ether oxygens (including phenoxy) is 1. The fourth-order valence-electron chi connectivity index (χ4n) is 1.79. The number of hydrazine groups is 1. The Balaban J connectivity index is 1.79. The van der Waals surface area contributed by atoms with Crippen molar-refractivity contribution in [1.82, 2.24) is 10.9 Å². The maximum Gasteiger partial charge on any atom is 0.276 e. The normalized spacial score (nSPS) is 10.1. The molecule has 0 aliphatic carbocycles.